The predicted octanol–water partition coefficient (Wildman–Crippen LogP) is 6.14. The minimum atomic E-state index is -0.494. The van der Waals surface area contributed by atoms with Gasteiger partial charge in [0.25, 0.3) is 5.69 Å². The van der Waals surface area contributed by atoms with Crippen molar-refractivity contribution in [3.05, 3.63) is 104 Å². The van der Waals surface area contributed by atoms with Crippen LogP contribution in [0.3, 0.4) is 0 Å². The molecule has 0 amide bonds. The molecule has 0 bridgehead atoms. The highest BCUT2D eigenvalue weighted by atomic mass is 79.9. The molecule has 0 spiro atoms. The summed E-state index contributed by atoms with van der Waals surface area (Å²) in [7, 11) is 0. The highest BCUT2D eigenvalue weighted by Gasteiger charge is 2.10. The summed E-state index contributed by atoms with van der Waals surface area (Å²) in [4.78, 5) is 10.3. The van der Waals surface area contributed by atoms with Crippen LogP contribution in [0.15, 0.2) is 71.2 Å². The SMILES string of the molecule is N#C/C(=C/c1cc(Br)ccc1OCc1cccc(F)c1)c1ccc([N+](=O)[O-])cc1. The second-order valence-electron chi connectivity index (χ2n) is 6.07. The Labute approximate surface area is 175 Å². The zero-order valence-electron chi connectivity index (χ0n) is 15.0. The molecule has 0 aliphatic carbocycles. The quantitative estimate of drug-likeness (QED) is 0.195. The van der Waals surface area contributed by atoms with Gasteiger partial charge in [0.15, 0.2) is 0 Å². The number of nitro benzene ring substituents is 1. The smallest absolute Gasteiger partial charge is 0.269 e. The summed E-state index contributed by atoms with van der Waals surface area (Å²) >= 11 is 3.40. The molecule has 0 saturated heterocycles. The van der Waals surface area contributed by atoms with Gasteiger partial charge in [0.1, 0.15) is 18.2 Å². The van der Waals surface area contributed by atoms with Gasteiger partial charge < -0.3 is 4.74 Å². The molecule has 144 valence electrons. The zero-order valence-corrected chi connectivity index (χ0v) is 16.6. The maximum absolute atomic E-state index is 13.4. The summed E-state index contributed by atoms with van der Waals surface area (Å²) in [6, 6.07) is 19.3. The Morgan fingerprint density at radius 3 is 2.59 bits per heavy atom. The minimum Gasteiger partial charge on any atom is -0.488 e. The Balaban J connectivity index is 1.90. The number of halogens is 2. The summed E-state index contributed by atoms with van der Waals surface area (Å²) in [5.74, 6) is 0.180. The van der Waals surface area contributed by atoms with E-state index < -0.39 is 4.92 Å². The predicted molar refractivity (Wildman–Crippen MR) is 111 cm³/mol. The molecule has 0 aromatic heterocycles. The van der Waals surface area contributed by atoms with Gasteiger partial charge in [0.2, 0.25) is 0 Å². The number of ether oxygens (including phenoxy) is 1. The van der Waals surface area contributed by atoms with Gasteiger partial charge in [-0.3, -0.25) is 10.1 Å². The van der Waals surface area contributed by atoms with Crippen molar-refractivity contribution in [2.45, 2.75) is 6.61 Å². The molecule has 0 aliphatic heterocycles. The average molecular weight is 453 g/mol. The van der Waals surface area contributed by atoms with Crippen molar-refractivity contribution in [2.75, 3.05) is 0 Å². The van der Waals surface area contributed by atoms with E-state index in [2.05, 4.69) is 22.0 Å². The fourth-order valence-corrected chi connectivity index (χ4v) is 3.03. The highest BCUT2D eigenvalue weighted by molar-refractivity contribution is 9.10. The van der Waals surface area contributed by atoms with Crippen LogP contribution in [0.5, 0.6) is 5.75 Å². The molecular formula is C22H14BrFN2O3. The Hall–Kier alpha value is -3.50. The summed E-state index contributed by atoms with van der Waals surface area (Å²) in [5.41, 5.74) is 2.15. The molecule has 3 aromatic rings. The van der Waals surface area contributed by atoms with E-state index in [9.17, 15) is 19.8 Å². The maximum atomic E-state index is 13.4. The number of hydrogen-bond donors (Lipinski definition) is 0. The van der Waals surface area contributed by atoms with Crippen LogP contribution in [-0.4, -0.2) is 4.92 Å². The van der Waals surface area contributed by atoms with E-state index in [4.69, 9.17) is 4.74 Å². The lowest BCUT2D eigenvalue weighted by Gasteiger charge is -2.11. The zero-order chi connectivity index (χ0) is 20.8. The van der Waals surface area contributed by atoms with Gasteiger partial charge in [-0.25, -0.2) is 4.39 Å². The third-order valence-electron chi connectivity index (χ3n) is 4.06. The Kier molecular flexibility index (Phi) is 6.37. The van der Waals surface area contributed by atoms with E-state index in [1.807, 2.05) is 0 Å². The molecule has 0 unspecified atom stereocenters. The topological polar surface area (TPSA) is 76.2 Å². The van der Waals surface area contributed by atoms with Crippen molar-refractivity contribution in [1.82, 2.24) is 0 Å². The van der Waals surface area contributed by atoms with Crippen LogP contribution >= 0.6 is 15.9 Å². The first-order chi connectivity index (χ1) is 14.0. The average Bonchev–Trinajstić information content (AvgIpc) is 2.71. The second-order valence-corrected chi connectivity index (χ2v) is 6.99. The van der Waals surface area contributed by atoms with Crippen LogP contribution < -0.4 is 4.74 Å². The molecule has 3 aromatic carbocycles. The van der Waals surface area contributed by atoms with Crippen molar-refractivity contribution in [2.24, 2.45) is 0 Å². The molecule has 0 heterocycles. The molecule has 7 heteroatoms. The molecule has 0 N–H and O–H groups in total. The minimum absolute atomic E-state index is 0.0485. The number of hydrogen-bond acceptors (Lipinski definition) is 4. The second kappa shape index (κ2) is 9.13. The first-order valence-electron chi connectivity index (χ1n) is 8.49. The number of nitriles is 1. The fraction of sp³-hybridized carbons (Fsp3) is 0.0455. The van der Waals surface area contributed by atoms with E-state index in [1.54, 1.807) is 36.4 Å². The molecule has 0 radical (unpaired) electrons. The number of benzene rings is 3. The van der Waals surface area contributed by atoms with Crippen molar-refractivity contribution in [3.8, 4) is 11.8 Å². The van der Waals surface area contributed by atoms with Gasteiger partial charge in [-0.2, -0.15) is 5.26 Å². The van der Waals surface area contributed by atoms with Crippen LogP contribution in [0.2, 0.25) is 0 Å². The van der Waals surface area contributed by atoms with E-state index in [1.165, 1.54) is 36.4 Å². The van der Waals surface area contributed by atoms with Crippen LogP contribution in [0.4, 0.5) is 10.1 Å². The Morgan fingerprint density at radius 1 is 1.17 bits per heavy atom. The number of non-ortho nitro benzene ring substituents is 1. The summed E-state index contributed by atoms with van der Waals surface area (Å²) < 4.78 is 20.0. The standard InChI is InChI=1S/C22H14BrFN2O3/c23-19-6-9-22(29-14-15-2-1-3-20(24)10-15)17(12-19)11-18(13-25)16-4-7-21(8-5-16)26(27)28/h1-12H,14H2/b18-11-. The summed E-state index contributed by atoms with van der Waals surface area (Å²) in [6.07, 6.45) is 1.65. The highest BCUT2D eigenvalue weighted by Crippen LogP contribution is 2.29. The van der Waals surface area contributed by atoms with Crippen LogP contribution in [0.25, 0.3) is 11.6 Å². The molecule has 0 fully saturated rings. The lowest BCUT2D eigenvalue weighted by molar-refractivity contribution is -0.384. The number of nitrogens with zero attached hydrogens (tertiary/aromatic N) is 2. The maximum Gasteiger partial charge on any atom is 0.269 e. The van der Waals surface area contributed by atoms with Crippen molar-refractivity contribution in [1.29, 1.82) is 5.26 Å². The lowest BCUT2D eigenvalue weighted by atomic mass is 10.0. The third kappa shape index (κ3) is 5.27. The van der Waals surface area contributed by atoms with Crippen molar-refractivity contribution in [3.63, 3.8) is 0 Å². The summed E-state index contributed by atoms with van der Waals surface area (Å²) in [5, 5.41) is 20.4. The largest absolute Gasteiger partial charge is 0.488 e. The van der Waals surface area contributed by atoms with Crippen LogP contribution in [0.1, 0.15) is 16.7 Å². The molecule has 5 nitrogen and oxygen atoms in total. The first kappa shape index (κ1) is 20.2. The first-order valence-corrected chi connectivity index (χ1v) is 9.29. The number of nitro groups is 1. The van der Waals surface area contributed by atoms with Crippen LogP contribution in [-0.2, 0) is 6.61 Å². The van der Waals surface area contributed by atoms with Gasteiger partial charge in [-0.15, -0.1) is 0 Å². The molecule has 0 atom stereocenters. The molecule has 3 rings (SSSR count). The van der Waals surface area contributed by atoms with Gasteiger partial charge >= 0.3 is 0 Å². The molecule has 29 heavy (non-hydrogen) atoms. The Morgan fingerprint density at radius 2 is 1.93 bits per heavy atom. The van der Waals surface area contributed by atoms with Gasteiger partial charge in [-0.1, -0.05) is 28.1 Å². The third-order valence-corrected chi connectivity index (χ3v) is 4.56. The monoisotopic (exact) mass is 452 g/mol. The fourth-order valence-electron chi connectivity index (χ4n) is 2.65. The van der Waals surface area contributed by atoms with Gasteiger partial charge in [-0.05, 0) is 59.7 Å². The molecule has 0 aliphatic rings. The normalized spacial score (nSPS) is 11.0. The van der Waals surface area contributed by atoms with Crippen molar-refractivity contribution >= 4 is 33.3 Å². The molecular weight excluding hydrogens is 439 g/mol. The number of rotatable bonds is 6. The van der Waals surface area contributed by atoms with Gasteiger partial charge in [0.05, 0.1) is 16.6 Å². The van der Waals surface area contributed by atoms with E-state index >= 15 is 0 Å². The van der Waals surface area contributed by atoms with Crippen molar-refractivity contribution < 1.29 is 14.1 Å². The van der Waals surface area contributed by atoms with E-state index in [-0.39, 0.29) is 18.1 Å². The van der Waals surface area contributed by atoms with Gasteiger partial charge in [0, 0.05) is 22.2 Å². The van der Waals surface area contributed by atoms with E-state index in [0.717, 1.165) is 4.47 Å². The number of allylic oxidation sites excluding steroid dienone is 1. The van der Waals surface area contributed by atoms with E-state index in [0.29, 0.717) is 28.0 Å². The Bertz CT molecular complexity index is 1120. The summed E-state index contributed by atoms with van der Waals surface area (Å²) in [6.45, 7) is 0.166. The van der Waals surface area contributed by atoms with Crippen LogP contribution in [0, 0.1) is 27.3 Å². The molecule has 0 saturated carbocycles. The lowest BCUT2D eigenvalue weighted by Crippen LogP contribution is -1.98.